The summed E-state index contributed by atoms with van der Waals surface area (Å²) in [7, 11) is 0. The van der Waals surface area contributed by atoms with E-state index in [1.54, 1.807) is 0 Å². The van der Waals surface area contributed by atoms with Gasteiger partial charge in [0, 0.05) is 18.3 Å². The van der Waals surface area contributed by atoms with Crippen molar-refractivity contribution in [2.24, 2.45) is 0 Å². The number of carboxylic acid groups (broad SMARTS) is 1. The van der Waals surface area contributed by atoms with Gasteiger partial charge in [-0.05, 0) is 32.9 Å². The number of aliphatic carboxylic acids is 1. The van der Waals surface area contributed by atoms with Crippen LogP contribution in [0.3, 0.4) is 0 Å². The molecule has 2 rings (SSSR count). The summed E-state index contributed by atoms with van der Waals surface area (Å²) in [5.74, 6) is -1.73. The van der Waals surface area contributed by atoms with Crippen molar-refractivity contribution >= 4 is 5.97 Å². The van der Waals surface area contributed by atoms with E-state index in [4.69, 9.17) is 0 Å². The van der Waals surface area contributed by atoms with E-state index in [1.807, 2.05) is 0 Å². The number of piperidine rings is 1. The van der Waals surface area contributed by atoms with Crippen LogP contribution < -0.4 is 5.43 Å². The molecule has 7 heteroatoms. The fourth-order valence-electron chi connectivity index (χ4n) is 2.87. The molecule has 0 spiro atoms. The molecule has 2 atom stereocenters. The average molecular weight is 310 g/mol. The summed E-state index contributed by atoms with van der Waals surface area (Å²) in [6.45, 7) is 3.58. The van der Waals surface area contributed by atoms with Crippen LogP contribution in [0.1, 0.15) is 37.9 Å². The lowest BCUT2D eigenvalue weighted by Gasteiger charge is -2.29. The number of pyridine rings is 1. The van der Waals surface area contributed by atoms with Gasteiger partial charge in [-0.15, -0.1) is 0 Å². The van der Waals surface area contributed by atoms with Crippen molar-refractivity contribution in [1.29, 1.82) is 0 Å². The number of aromatic hydroxyl groups is 1. The van der Waals surface area contributed by atoms with Gasteiger partial charge >= 0.3 is 5.97 Å². The predicted molar refractivity (Wildman–Crippen MR) is 79.8 cm³/mol. The zero-order valence-electron chi connectivity index (χ0n) is 12.6. The van der Waals surface area contributed by atoms with Crippen molar-refractivity contribution in [1.82, 2.24) is 9.47 Å². The van der Waals surface area contributed by atoms with Crippen molar-refractivity contribution in [2.45, 2.75) is 44.9 Å². The standard InChI is InChI=1S/C15H22N2O5/c1-10(18)14(15(21)22)17-9-13(20)12(19)7-11(17)8-16-5-3-2-4-6-16/h7,9-10,14,18,20H,2-6,8H2,1H3,(H,21,22). The number of nitrogens with zero attached hydrogens (tertiary/aromatic N) is 2. The van der Waals surface area contributed by atoms with Crippen molar-refractivity contribution in [3.05, 3.63) is 28.2 Å². The van der Waals surface area contributed by atoms with Crippen LogP contribution in [-0.2, 0) is 11.3 Å². The third-order valence-electron chi connectivity index (χ3n) is 3.99. The van der Waals surface area contributed by atoms with Crippen molar-refractivity contribution < 1.29 is 20.1 Å². The highest BCUT2D eigenvalue weighted by atomic mass is 16.4. The van der Waals surface area contributed by atoms with Crippen LogP contribution in [0.2, 0.25) is 0 Å². The molecule has 0 radical (unpaired) electrons. The van der Waals surface area contributed by atoms with E-state index in [-0.39, 0.29) is 0 Å². The Balaban J connectivity index is 2.39. The number of likely N-dealkylation sites (tertiary alicyclic amines) is 1. The Morgan fingerprint density at radius 2 is 1.95 bits per heavy atom. The zero-order valence-corrected chi connectivity index (χ0v) is 12.6. The van der Waals surface area contributed by atoms with Gasteiger partial charge in [-0.2, -0.15) is 0 Å². The highest BCUT2D eigenvalue weighted by Gasteiger charge is 2.27. The number of hydrogen-bond acceptors (Lipinski definition) is 5. The fourth-order valence-corrected chi connectivity index (χ4v) is 2.87. The highest BCUT2D eigenvalue weighted by molar-refractivity contribution is 5.72. The van der Waals surface area contributed by atoms with E-state index in [2.05, 4.69) is 4.90 Å². The lowest BCUT2D eigenvalue weighted by molar-refractivity contribution is -0.144. The second kappa shape index (κ2) is 6.93. The molecule has 0 bridgehead atoms. The quantitative estimate of drug-likeness (QED) is 0.734. The molecule has 0 amide bonds. The predicted octanol–water partition coefficient (Wildman–Crippen LogP) is 0.546. The SMILES string of the molecule is CC(O)C(C(=O)O)n1cc(O)c(=O)cc1CN1CCCCC1. The van der Waals surface area contributed by atoms with Gasteiger partial charge in [-0.25, -0.2) is 4.79 Å². The molecule has 1 aliphatic heterocycles. The second-order valence-electron chi connectivity index (χ2n) is 5.78. The molecular weight excluding hydrogens is 288 g/mol. The van der Waals surface area contributed by atoms with E-state index >= 15 is 0 Å². The van der Waals surface area contributed by atoms with Gasteiger partial charge in [0.15, 0.2) is 11.8 Å². The Morgan fingerprint density at radius 3 is 2.50 bits per heavy atom. The Morgan fingerprint density at radius 1 is 1.32 bits per heavy atom. The molecule has 1 aliphatic rings. The molecule has 22 heavy (non-hydrogen) atoms. The highest BCUT2D eigenvalue weighted by Crippen LogP contribution is 2.20. The molecule has 0 saturated carbocycles. The van der Waals surface area contributed by atoms with Crippen molar-refractivity contribution in [2.75, 3.05) is 13.1 Å². The van der Waals surface area contributed by atoms with Crippen LogP contribution >= 0.6 is 0 Å². The first-order valence-electron chi connectivity index (χ1n) is 7.47. The molecule has 2 unspecified atom stereocenters. The molecule has 122 valence electrons. The smallest absolute Gasteiger partial charge is 0.329 e. The van der Waals surface area contributed by atoms with E-state index < -0.39 is 29.3 Å². The first-order valence-corrected chi connectivity index (χ1v) is 7.47. The molecule has 3 N–H and O–H groups in total. The Labute approximate surface area is 128 Å². The van der Waals surface area contributed by atoms with Crippen LogP contribution in [0, 0.1) is 0 Å². The molecule has 1 aromatic rings. The maximum Gasteiger partial charge on any atom is 0.329 e. The molecule has 1 fully saturated rings. The lowest BCUT2D eigenvalue weighted by atomic mass is 10.1. The number of rotatable bonds is 5. The number of hydrogen-bond donors (Lipinski definition) is 3. The molecule has 7 nitrogen and oxygen atoms in total. The van der Waals surface area contributed by atoms with Gasteiger partial charge in [0.2, 0.25) is 5.43 Å². The van der Waals surface area contributed by atoms with Crippen LogP contribution in [0.4, 0.5) is 0 Å². The van der Waals surface area contributed by atoms with E-state index in [1.165, 1.54) is 24.0 Å². The molecule has 1 saturated heterocycles. The van der Waals surface area contributed by atoms with Crippen LogP contribution in [0.15, 0.2) is 17.1 Å². The minimum Gasteiger partial charge on any atom is -0.503 e. The Hall–Kier alpha value is -1.86. The molecule has 2 heterocycles. The molecular formula is C15H22N2O5. The number of carboxylic acids is 1. The fraction of sp³-hybridized carbons (Fsp3) is 0.600. The van der Waals surface area contributed by atoms with Gasteiger partial charge < -0.3 is 19.9 Å². The van der Waals surface area contributed by atoms with Crippen molar-refractivity contribution in [3.63, 3.8) is 0 Å². The largest absolute Gasteiger partial charge is 0.503 e. The Kier molecular flexibility index (Phi) is 5.20. The second-order valence-corrected chi connectivity index (χ2v) is 5.78. The summed E-state index contributed by atoms with van der Waals surface area (Å²) in [6, 6.07) is 0.00807. The average Bonchev–Trinajstić information content (AvgIpc) is 2.44. The summed E-state index contributed by atoms with van der Waals surface area (Å²) in [4.78, 5) is 25.3. The summed E-state index contributed by atoms with van der Waals surface area (Å²) in [5, 5.41) is 28.7. The first kappa shape index (κ1) is 16.5. The third-order valence-corrected chi connectivity index (χ3v) is 3.99. The summed E-state index contributed by atoms with van der Waals surface area (Å²) in [6.07, 6.45) is 3.26. The summed E-state index contributed by atoms with van der Waals surface area (Å²) >= 11 is 0. The first-order chi connectivity index (χ1) is 10.4. The third kappa shape index (κ3) is 3.66. The summed E-state index contributed by atoms with van der Waals surface area (Å²) in [5.41, 5.74) is -0.0593. The number of aliphatic hydroxyl groups is 1. The van der Waals surface area contributed by atoms with Gasteiger partial charge in [0.05, 0.1) is 12.3 Å². The zero-order chi connectivity index (χ0) is 16.3. The van der Waals surface area contributed by atoms with Gasteiger partial charge in [0.25, 0.3) is 0 Å². The maximum absolute atomic E-state index is 11.7. The van der Waals surface area contributed by atoms with Crippen molar-refractivity contribution in [3.8, 4) is 5.75 Å². The minimum absolute atomic E-state index is 0.423. The number of aliphatic hydroxyl groups excluding tert-OH is 1. The van der Waals surface area contributed by atoms with Crippen LogP contribution in [-0.4, -0.2) is 49.9 Å². The molecule has 0 aliphatic carbocycles. The van der Waals surface area contributed by atoms with Gasteiger partial charge in [-0.3, -0.25) is 9.69 Å². The van der Waals surface area contributed by atoms with E-state index in [0.717, 1.165) is 32.1 Å². The number of carbonyl (C=O) groups is 1. The minimum atomic E-state index is -1.24. The maximum atomic E-state index is 11.7. The van der Waals surface area contributed by atoms with Gasteiger partial charge in [0.1, 0.15) is 0 Å². The van der Waals surface area contributed by atoms with Gasteiger partial charge in [-0.1, -0.05) is 6.42 Å². The van der Waals surface area contributed by atoms with Crippen LogP contribution in [0.5, 0.6) is 5.75 Å². The van der Waals surface area contributed by atoms with E-state index in [9.17, 15) is 24.9 Å². The van der Waals surface area contributed by atoms with E-state index in [0.29, 0.717) is 12.2 Å². The topological polar surface area (TPSA) is 103 Å². The monoisotopic (exact) mass is 310 g/mol. The van der Waals surface area contributed by atoms with Crippen LogP contribution in [0.25, 0.3) is 0 Å². The lowest BCUT2D eigenvalue weighted by Crippen LogP contribution is -2.35. The normalized spacial score (nSPS) is 18.8. The summed E-state index contributed by atoms with van der Waals surface area (Å²) < 4.78 is 1.29. The Bertz CT molecular complexity index is 590. The molecule has 1 aromatic heterocycles. The molecule has 0 aromatic carbocycles. The number of aromatic nitrogens is 1.